The van der Waals surface area contributed by atoms with Gasteiger partial charge in [-0.1, -0.05) is 35.9 Å². The molecule has 114 valence electrons. The Kier molecular flexibility index (Phi) is 5.70. The van der Waals surface area contributed by atoms with E-state index in [4.69, 9.17) is 4.74 Å². The Balaban J connectivity index is 3.07. The Labute approximate surface area is 126 Å². The van der Waals surface area contributed by atoms with Crippen LogP contribution >= 0.6 is 0 Å². The summed E-state index contributed by atoms with van der Waals surface area (Å²) in [4.78, 5) is 23.4. The van der Waals surface area contributed by atoms with Crippen molar-refractivity contribution in [2.75, 3.05) is 0 Å². The summed E-state index contributed by atoms with van der Waals surface area (Å²) in [7, 11) is 0. The molecular weight excluding hydrogens is 266 g/mol. The van der Waals surface area contributed by atoms with Crippen molar-refractivity contribution >= 4 is 12.4 Å². The molecule has 0 aliphatic carbocycles. The number of hydrogen-bond acceptors (Lipinski definition) is 3. The lowest BCUT2D eigenvalue weighted by Gasteiger charge is -2.24. The number of nitrogens with one attached hydrogen (secondary N) is 1. The highest BCUT2D eigenvalue weighted by molar-refractivity contribution is 5.79. The molecule has 0 bridgehead atoms. The van der Waals surface area contributed by atoms with Gasteiger partial charge in [0, 0.05) is 5.57 Å². The molecule has 0 fully saturated rings. The minimum Gasteiger partial charge on any atom is -0.444 e. The minimum absolute atomic E-state index is 0.511. The molecule has 0 aliphatic heterocycles. The molecule has 4 nitrogen and oxygen atoms in total. The third-order valence-electron chi connectivity index (χ3n) is 2.81. The van der Waals surface area contributed by atoms with E-state index in [1.54, 1.807) is 20.8 Å². The lowest BCUT2D eigenvalue weighted by atomic mass is 9.96. The number of aldehydes is 1. The number of ether oxygens (including phenoxy) is 1. The van der Waals surface area contributed by atoms with Gasteiger partial charge in [0.05, 0.1) is 6.04 Å². The molecule has 1 amide bonds. The number of rotatable bonds is 4. The van der Waals surface area contributed by atoms with Crippen LogP contribution in [0.2, 0.25) is 0 Å². The van der Waals surface area contributed by atoms with Gasteiger partial charge in [-0.2, -0.15) is 0 Å². The van der Waals surface area contributed by atoms with Gasteiger partial charge in [-0.25, -0.2) is 4.79 Å². The Morgan fingerprint density at radius 3 is 2.19 bits per heavy atom. The minimum atomic E-state index is -0.586. The third kappa shape index (κ3) is 5.42. The maximum Gasteiger partial charge on any atom is 0.408 e. The van der Waals surface area contributed by atoms with Crippen LogP contribution in [0.25, 0.3) is 0 Å². The first kappa shape index (κ1) is 17.0. The van der Waals surface area contributed by atoms with Gasteiger partial charge in [0.25, 0.3) is 0 Å². The molecular formula is C17H23NO3. The summed E-state index contributed by atoms with van der Waals surface area (Å²) in [6.07, 6.45) is 0.238. The number of carbonyl (C=O) groups excluding carboxylic acids is 2. The van der Waals surface area contributed by atoms with Crippen molar-refractivity contribution in [3.05, 3.63) is 47.0 Å². The van der Waals surface area contributed by atoms with Crippen molar-refractivity contribution in [2.45, 2.75) is 46.3 Å². The van der Waals surface area contributed by atoms with E-state index in [9.17, 15) is 9.59 Å². The zero-order chi connectivity index (χ0) is 16.0. The zero-order valence-electron chi connectivity index (χ0n) is 13.3. The Morgan fingerprint density at radius 1 is 1.19 bits per heavy atom. The van der Waals surface area contributed by atoms with Crippen molar-refractivity contribution in [3.8, 4) is 0 Å². The molecule has 0 saturated carbocycles. The summed E-state index contributed by atoms with van der Waals surface area (Å²) >= 11 is 0. The van der Waals surface area contributed by atoms with Gasteiger partial charge < -0.3 is 10.1 Å². The average molecular weight is 289 g/mol. The summed E-state index contributed by atoms with van der Waals surface area (Å²) in [5, 5.41) is 2.77. The fourth-order valence-electron chi connectivity index (χ4n) is 1.89. The highest BCUT2D eigenvalue weighted by Crippen LogP contribution is 2.23. The summed E-state index contributed by atoms with van der Waals surface area (Å²) in [5.74, 6) is 0. The molecule has 1 N–H and O–H groups in total. The highest BCUT2D eigenvalue weighted by Gasteiger charge is 2.23. The second-order valence-corrected chi connectivity index (χ2v) is 6.06. The van der Waals surface area contributed by atoms with E-state index < -0.39 is 17.7 Å². The first-order valence-electron chi connectivity index (χ1n) is 6.91. The largest absolute Gasteiger partial charge is 0.444 e. The topological polar surface area (TPSA) is 55.4 Å². The molecule has 0 radical (unpaired) electrons. The number of hydrogen-bond donors (Lipinski definition) is 1. The first-order chi connectivity index (χ1) is 9.74. The summed E-state index contributed by atoms with van der Waals surface area (Å²) in [6, 6.07) is 8.85. The normalized spacial score (nSPS) is 12.2. The lowest BCUT2D eigenvalue weighted by molar-refractivity contribution is -0.105. The Hall–Kier alpha value is -2.10. The summed E-state index contributed by atoms with van der Waals surface area (Å²) in [6.45, 7) is 9.08. The fourth-order valence-corrected chi connectivity index (χ4v) is 1.89. The second kappa shape index (κ2) is 7.07. The lowest BCUT2D eigenvalue weighted by Crippen LogP contribution is -2.36. The molecule has 0 aliphatic rings. The third-order valence-corrected chi connectivity index (χ3v) is 2.81. The van der Waals surface area contributed by atoms with Gasteiger partial charge >= 0.3 is 6.09 Å². The standard InChI is InChI=1S/C17H23NO3/c1-12(2)14(11-19)15(13-9-7-6-8-10-13)18-16(20)21-17(3,4)5/h6-11,15H,1-5H3,(H,18,20)/t15-/m1/s1. The summed E-state index contributed by atoms with van der Waals surface area (Å²) in [5.41, 5.74) is 1.64. The van der Waals surface area contributed by atoms with Crippen molar-refractivity contribution in [2.24, 2.45) is 0 Å². The second-order valence-electron chi connectivity index (χ2n) is 6.06. The number of amides is 1. The fraction of sp³-hybridized carbons (Fsp3) is 0.412. The van der Waals surface area contributed by atoms with Crippen molar-refractivity contribution in [1.29, 1.82) is 0 Å². The van der Waals surface area contributed by atoms with E-state index in [1.807, 2.05) is 44.2 Å². The Bertz CT molecular complexity index is 523. The van der Waals surface area contributed by atoms with Crippen molar-refractivity contribution in [1.82, 2.24) is 5.32 Å². The molecule has 0 aromatic heterocycles. The molecule has 1 rings (SSSR count). The van der Waals surface area contributed by atoms with Gasteiger partial charge in [-0.3, -0.25) is 4.79 Å². The predicted molar refractivity (Wildman–Crippen MR) is 83.0 cm³/mol. The molecule has 4 heteroatoms. The van der Waals surface area contributed by atoms with Crippen molar-refractivity contribution < 1.29 is 14.3 Å². The maximum absolute atomic E-state index is 12.0. The van der Waals surface area contributed by atoms with Crippen LogP contribution in [-0.2, 0) is 9.53 Å². The number of benzene rings is 1. The smallest absolute Gasteiger partial charge is 0.408 e. The van der Waals surface area contributed by atoms with E-state index >= 15 is 0 Å². The van der Waals surface area contributed by atoms with Crippen LogP contribution in [0.3, 0.4) is 0 Å². The molecule has 1 aromatic carbocycles. The van der Waals surface area contributed by atoms with Crippen molar-refractivity contribution in [3.63, 3.8) is 0 Å². The first-order valence-corrected chi connectivity index (χ1v) is 6.91. The van der Waals surface area contributed by atoms with Crippen LogP contribution in [0, 0.1) is 0 Å². The van der Waals surface area contributed by atoms with E-state index in [-0.39, 0.29) is 0 Å². The van der Waals surface area contributed by atoms with E-state index in [1.165, 1.54) is 0 Å². The van der Waals surface area contributed by atoms with Gasteiger partial charge in [0.2, 0.25) is 0 Å². The number of carbonyl (C=O) groups is 2. The molecule has 0 saturated heterocycles. The molecule has 21 heavy (non-hydrogen) atoms. The van der Waals surface area contributed by atoms with Crippen LogP contribution in [-0.4, -0.2) is 18.0 Å². The van der Waals surface area contributed by atoms with Crippen LogP contribution in [0.1, 0.15) is 46.2 Å². The van der Waals surface area contributed by atoms with E-state index in [0.717, 1.165) is 17.4 Å². The van der Waals surface area contributed by atoms with E-state index in [2.05, 4.69) is 5.32 Å². The number of alkyl carbamates (subject to hydrolysis) is 1. The van der Waals surface area contributed by atoms with Gasteiger partial charge in [-0.05, 0) is 40.2 Å². The average Bonchev–Trinajstić information content (AvgIpc) is 2.37. The SMILES string of the molecule is CC(C)=C(C=O)[C@H](NC(=O)OC(C)(C)C)c1ccccc1. The molecule has 0 heterocycles. The van der Waals surface area contributed by atoms with Gasteiger partial charge in [0.15, 0.2) is 0 Å². The Morgan fingerprint density at radius 2 is 1.76 bits per heavy atom. The van der Waals surface area contributed by atoms with E-state index in [0.29, 0.717) is 5.57 Å². The maximum atomic E-state index is 12.0. The predicted octanol–water partition coefficient (Wildman–Crippen LogP) is 3.79. The molecule has 1 atom stereocenters. The van der Waals surface area contributed by atoms with Crippen LogP contribution in [0.5, 0.6) is 0 Å². The summed E-state index contributed by atoms with van der Waals surface area (Å²) < 4.78 is 5.28. The number of allylic oxidation sites excluding steroid dienone is 1. The molecule has 0 unspecified atom stereocenters. The monoisotopic (exact) mass is 289 g/mol. The van der Waals surface area contributed by atoms with Crippen LogP contribution in [0.4, 0.5) is 4.79 Å². The van der Waals surface area contributed by atoms with Crippen LogP contribution in [0.15, 0.2) is 41.5 Å². The van der Waals surface area contributed by atoms with Crippen LogP contribution < -0.4 is 5.32 Å². The quantitative estimate of drug-likeness (QED) is 0.677. The zero-order valence-corrected chi connectivity index (χ0v) is 13.3. The molecule has 1 aromatic rings. The van der Waals surface area contributed by atoms with Gasteiger partial charge in [-0.15, -0.1) is 0 Å². The molecule has 0 spiro atoms. The van der Waals surface area contributed by atoms with Gasteiger partial charge in [0.1, 0.15) is 11.9 Å². The highest BCUT2D eigenvalue weighted by atomic mass is 16.6.